The van der Waals surface area contributed by atoms with Gasteiger partial charge in [-0.15, -0.1) is 12.4 Å². The number of ether oxygens (including phenoxy) is 1. The largest absolute Gasteiger partial charge is 0.348 e. The highest BCUT2D eigenvalue weighted by Gasteiger charge is 2.44. The van der Waals surface area contributed by atoms with E-state index in [0.29, 0.717) is 28.6 Å². The molecule has 3 aromatic rings. The van der Waals surface area contributed by atoms with Gasteiger partial charge in [0.1, 0.15) is 12.3 Å². The van der Waals surface area contributed by atoms with Gasteiger partial charge in [0.25, 0.3) is 5.91 Å². The normalized spacial score (nSPS) is 20.5. The maximum absolute atomic E-state index is 13.2. The Labute approximate surface area is 252 Å². The Morgan fingerprint density at radius 1 is 0.900 bits per heavy atom. The molecule has 40 heavy (non-hydrogen) atoms. The Kier molecular flexibility index (Phi) is 9.80. The number of hydrogen-bond donors (Lipinski definition) is 1. The number of rotatable bonds is 7. The van der Waals surface area contributed by atoms with Crippen LogP contribution in [-0.4, -0.2) is 54.5 Å². The summed E-state index contributed by atoms with van der Waals surface area (Å²) in [5.74, 6) is -0.0770. The zero-order chi connectivity index (χ0) is 27.5. The molecule has 0 aromatic heterocycles. The van der Waals surface area contributed by atoms with Crippen LogP contribution >= 0.6 is 35.6 Å². The van der Waals surface area contributed by atoms with Gasteiger partial charge in [0.15, 0.2) is 0 Å². The van der Waals surface area contributed by atoms with E-state index in [9.17, 15) is 9.59 Å². The lowest BCUT2D eigenvalue weighted by molar-refractivity contribution is -0.121. The molecule has 2 aliphatic heterocycles. The van der Waals surface area contributed by atoms with Crippen LogP contribution in [0.4, 0.5) is 0 Å². The number of piperidine rings is 1. The third kappa shape index (κ3) is 6.48. The van der Waals surface area contributed by atoms with Gasteiger partial charge in [-0.05, 0) is 54.7 Å². The number of carbonyl (C=O) groups is 2. The molecular formula is C31H34Cl3N3O3. The first-order valence-corrected chi connectivity index (χ1v) is 14.1. The second kappa shape index (κ2) is 12.9. The Morgan fingerprint density at radius 3 is 2.17 bits per heavy atom. The maximum Gasteiger partial charge on any atom is 0.255 e. The molecule has 0 spiro atoms. The van der Waals surface area contributed by atoms with Gasteiger partial charge in [0.2, 0.25) is 5.91 Å². The summed E-state index contributed by atoms with van der Waals surface area (Å²) in [6, 6.07) is 25.1. The summed E-state index contributed by atoms with van der Waals surface area (Å²) in [5, 5.41) is 4.19. The lowest BCUT2D eigenvalue weighted by atomic mass is 9.80. The second-order valence-corrected chi connectivity index (χ2v) is 11.3. The molecule has 1 atom stereocenters. The lowest BCUT2D eigenvalue weighted by Gasteiger charge is -2.43. The third-order valence-electron chi connectivity index (χ3n) is 7.98. The second-order valence-electron chi connectivity index (χ2n) is 10.5. The SMILES string of the molecule is CC(=O)NC1(c2ccccc2)CCN(CCC2(c3ccc(Cl)c(Cl)c3)CN(C(=O)c3ccccc3)CO2)CC1.Cl. The van der Waals surface area contributed by atoms with Crippen LogP contribution in [0.25, 0.3) is 0 Å². The minimum atomic E-state index is -0.704. The van der Waals surface area contributed by atoms with E-state index in [1.54, 1.807) is 17.9 Å². The van der Waals surface area contributed by atoms with Crippen molar-refractivity contribution in [3.8, 4) is 0 Å². The van der Waals surface area contributed by atoms with Crippen molar-refractivity contribution in [2.75, 3.05) is 32.9 Å². The summed E-state index contributed by atoms with van der Waals surface area (Å²) >= 11 is 12.6. The molecule has 0 radical (unpaired) electrons. The summed E-state index contributed by atoms with van der Waals surface area (Å²) < 4.78 is 6.45. The van der Waals surface area contributed by atoms with Crippen molar-refractivity contribution in [1.29, 1.82) is 0 Å². The number of amides is 2. The van der Waals surface area contributed by atoms with Crippen molar-refractivity contribution in [3.05, 3.63) is 106 Å². The van der Waals surface area contributed by atoms with Gasteiger partial charge in [-0.2, -0.15) is 0 Å². The summed E-state index contributed by atoms with van der Waals surface area (Å²) in [7, 11) is 0. The van der Waals surface area contributed by atoms with Crippen LogP contribution in [-0.2, 0) is 20.7 Å². The molecule has 2 fully saturated rings. The number of benzene rings is 3. The Hall–Kier alpha value is -2.61. The minimum absolute atomic E-state index is 0. The van der Waals surface area contributed by atoms with E-state index >= 15 is 0 Å². The highest BCUT2D eigenvalue weighted by Crippen LogP contribution is 2.40. The van der Waals surface area contributed by atoms with Crippen molar-refractivity contribution < 1.29 is 14.3 Å². The van der Waals surface area contributed by atoms with E-state index in [2.05, 4.69) is 22.3 Å². The molecular weight excluding hydrogens is 569 g/mol. The van der Waals surface area contributed by atoms with Crippen LogP contribution in [0.1, 0.15) is 47.7 Å². The Balaban J connectivity index is 0.00000370. The highest BCUT2D eigenvalue weighted by molar-refractivity contribution is 6.42. The lowest BCUT2D eigenvalue weighted by Crippen LogP contribution is -2.53. The first-order valence-electron chi connectivity index (χ1n) is 13.3. The molecule has 2 amide bonds. The van der Waals surface area contributed by atoms with Crippen molar-refractivity contribution in [3.63, 3.8) is 0 Å². The standard InChI is InChI=1S/C31H33Cl2N3O3.ClH/c1-23(37)34-30(25-10-6-3-7-11-25)14-17-35(18-15-30)19-16-31(26-12-13-27(32)28(33)20-26)21-36(22-39-31)29(38)24-8-4-2-5-9-24;/h2-13,20H,14-19,21-22H2,1H3,(H,34,37);1H. The average Bonchev–Trinajstić information content (AvgIpc) is 3.40. The fraction of sp³-hybridized carbons (Fsp3) is 0.355. The number of nitrogens with zero attached hydrogens (tertiary/aromatic N) is 2. The molecule has 2 aliphatic rings. The fourth-order valence-electron chi connectivity index (χ4n) is 5.82. The number of carbonyl (C=O) groups excluding carboxylic acids is 2. The summed E-state index contributed by atoms with van der Waals surface area (Å²) in [4.78, 5) is 29.5. The molecule has 1 N–H and O–H groups in total. The van der Waals surface area contributed by atoms with Crippen molar-refractivity contribution in [2.24, 2.45) is 0 Å². The van der Waals surface area contributed by atoms with Crippen LogP contribution in [0, 0.1) is 0 Å². The fourth-order valence-corrected chi connectivity index (χ4v) is 6.12. The number of hydrogen-bond acceptors (Lipinski definition) is 4. The topological polar surface area (TPSA) is 61.9 Å². The molecule has 9 heteroatoms. The molecule has 2 heterocycles. The number of halogens is 3. The molecule has 3 aromatic carbocycles. The molecule has 2 saturated heterocycles. The van der Waals surface area contributed by atoms with E-state index in [4.69, 9.17) is 27.9 Å². The molecule has 0 aliphatic carbocycles. The van der Waals surface area contributed by atoms with Gasteiger partial charge >= 0.3 is 0 Å². The van der Waals surface area contributed by atoms with Crippen LogP contribution in [0.3, 0.4) is 0 Å². The predicted octanol–water partition coefficient (Wildman–Crippen LogP) is 6.26. The van der Waals surface area contributed by atoms with Crippen LogP contribution in [0.2, 0.25) is 10.0 Å². The molecule has 6 nitrogen and oxygen atoms in total. The zero-order valence-electron chi connectivity index (χ0n) is 22.4. The summed E-state index contributed by atoms with van der Waals surface area (Å²) in [5.41, 5.74) is 1.62. The smallest absolute Gasteiger partial charge is 0.255 e. The predicted molar refractivity (Wildman–Crippen MR) is 161 cm³/mol. The molecule has 0 saturated carbocycles. The van der Waals surface area contributed by atoms with Crippen LogP contribution in [0.5, 0.6) is 0 Å². The van der Waals surface area contributed by atoms with E-state index in [1.807, 2.05) is 60.7 Å². The van der Waals surface area contributed by atoms with Gasteiger partial charge in [-0.25, -0.2) is 0 Å². The van der Waals surface area contributed by atoms with Gasteiger partial charge in [-0.3, -0.25) is 9.59 Å². The van der Waals surface area contributed by atoms with Crippen LogP contribution in [0.15, 0.2) is 78.9 Å². The number of nitrogens with one attached hydrogen (secondary N) is 1. The summed E-state index contributed by atoms with van der Waals surface area (Å²) in [6.07, 6.45) is 2.31. The van der Waals surface area contributed by atoms with E-state index in [-0.39, 0.29) is 36.5 Å². The quantitative estimate of drug-likeness (QED) is 0.347. The Morgan fingerprint density at radius 2 is 1.55 bits per heavy atom. The Bertz CT molecular complexity index is 1320. The highest BCUT2D eigenvalue weighted by atomic mass is 35.5. The third-order valence-corrected chi connectivity index (χ3v) is 8.72. The van der Waals surface area contributed by atoms with Gasteiger partial charge < -0.3 is 19.9 Å². The van der Waals surface area contributed by atoms with Gasteiger partial charge in [0.05, 0.1) is 22.1 Å². The monoisotopic (exact) mass is 601 g/mol. The first-order chi connectivity index (χ1) is 18.8. The minimum Gasteiger partial charge on any atom is -0.348 e. The van der Waals surface area contributed by atoms with E-state index in [0.717, 1.165) is 43.6 Å². The van der Waals surface area contributed by atoms with Crippen LogP contribution < -0.4 is 5.32 Å². The van der Waals surface area contributed by atoms with E-state index < -0.39 is 5.60 Å². The maximum atomic E-state index is 13.2. The van der Waals surface area contributed by atoms with E-state index in [1.165, 1.54) is 0 Å². The molecule has 212 valence electrons. The molecule has 5 rings (SSSR count). The first kappa shape index (κ1) is 30.4. The van der Waals surface area contributed by atoms with Gasteiger partial charge in [-0.1, -0.05) is 77.8 Å². The van der Waals surface area contributed by atoms with Crippen molar-refractivity contribution in [2.45, 2.75) is 37.3 Å². The van der Waals surface area contributed by atoms with Crippen molar-refractivity contribution >= 4 is 47.4 Å². The average molecular weight is 603 g/mol. The summed E-state index contributed by atoms with van der Waals surface area (Å²) in [6.45, 7) is 4.65. The zero-order valence-corrected chi connectivity index (χ0v) is 24.8. The van der Waals surface area contributed by atoms with Crippen molar-refractivity contribution in [1.82, 2.24) is 15.1 Å². The molecule has 0 bridgehead atoms. The molecule has 1 unspecified atom stereocenters. The number of likely N-dealkylation sites (tertiary alicyclic amines) is 1. The van der Waals surface area contributed by atoms with Gasteiger partial charge in [0, 0.05) is 32.1 Å².